The fraction of sp³-hybridized carbons (Fsp3) is 0.261. The van der Waals surface area contributed by atoms with Crippen molar-refractivity contribution >= 4 is 28.8 Å². The summed E-state index contributed by atoms with van der Waals surface area (Å²) in [7, 11) is 1.86. The molecular weight excluding hydrogens is 396 g/mol. The average Bonchev–Trinajstić information content (AvgIpc) is 3.06. The van der Waals surface area contributed by atoms with Gasteiger partial charge in [-0.25, -0.2) is 4.79 Å². The van der Waals surface area contributed by atoms with Crippen LogP contribution in [-0.2, 0) is 18.3 Å². The number of nitrogens with one attached hydrogen (secondary N) is 3. The van der Waals surface area contributed by atoms with Crippen molar-refractivity contribution in [3.05, 3.63) is 71.4 Å². The first-order valence-corrected chi connectivity index (χ1v) is 9.84. The zero-order valence-electron chi connectivity index (χ0n) is 18.0. The second-order valence-electron chi connectivity index (χ2n) is 8.13. The van der Waals surface area contributed by atoms with Crippen molar-refractivity contribution in [2.75, 3.05) is 0 Å². The molecule has 0 spiro atoms. The number of benzene rings is 2. The van der Waals surface area contributed by atoms with E-state index in [1.807, 2.05) is 35.9 Å². The number of carbonyl (C=O) groups excluding carboxylic acids is 3. The second-order valence-corrected chi connectivity index (χ2v) is 8.13. The molecule has 0 saturated carbocycles. The average molecular weight is 422 g/mol. The number of fused-ring (bicyclic) bond motifs is 1. The van der Waals surface area contributed by atoms with Gasteiger partial charge < -0.3 is 14.6 Å². The Balaban J connectivity index is 1.55. The molecule has 3 N–H and O–H groups in total. The van der Waals surface area contributed by atoms with Crippen LogP contribution in [0.25, 0.3) is 10.9 Å². The lowest BCUT2D eigenvalue weighted by Crippen LogP contribution is -2.41. The molecule has 0 unspecified atom stereocenters. The highest BCUT2D eigenvalue weighted by molar-refractivity contribution is 6.07. The van der Waals surface area contributed by atoms with Gasteiger partial charge in [-0.2, -0.15) is 0 Å². The van der Waals surface area contributed by atoms with E-state index in [9.17, 15) is 14.4 Å². The number of aromatic nitrogens is 1. The minimum Gasteiger partial charge on any atom is -0.444 e. The normalized spacial score (nSPS) is 11.1. The molecule has 8 heteroatoms. The fourth-order valence-electron chi connectivity index (χ4n) is 3.04. The zero-order chi connectivity index (χ0) is 22.6. The number of para-hydroxylation sites is 1. The maximum absolute atomic E-state index is 12.5. The molecule has 3 amide bonds. The number of ether oxygens (including phenoxy) is 1. The molecule has 1 aromatic heterocycles. The Morgan fingerprint density at radius 2 is 1.58 bits per heavy atom. The Morgan fingerprint density at radius 1 is 0.935 bits per heavy atom. The predicted octanol–water partition coefficient (Wildman–Crippen LogP) is 3.28. The molecule has 1 heterocycles. The lowest BCUT2D eigenvalue weighted by atomic mass is 10.1. The summed E-state index contributed by atoms with van der Waals surface area (Å²) in [6.07, 6.45) is 1.21. The molecule has 3 rings (SSSR count). The van der Waals surface area contributed by atoms with Crippen LogP contribution in [0.5, 0.6) is 0 Å². The van der Waals surface area contributed by atoms with Crippen molar-refractivity contribution in [2.24, 2.45) is 7.05 Å². The van der Waals surface area contributed by atoms with E-state index in [0.29, 0.717) is 11.1 Å². The number of aryl methyl sites for hydroxylation is 1. The number of hydrogen-bond donors (Lipinski definition) is 3. The number of hydrazine groups is 1. The third-order valence-corrected chi connectivity index (χ3v) is 4.48. The summed E-state index contributed by atoms with van der Waals surface area (Å²) in [4.78, 5) is 36.6. The van der Waals surface area contributed by atoms with Crippen molar-refractivity contribution in [2.45, 2.75) is 32.9 Å². The second kappa shape index (κ2) is 8.91. The monoisotopic (exact) mass is 422 g/mol. The summed E-state index contributed by atoms with van der Waals surface area (Å²) in [6, 6.07) is 14.2. The summed E-state index contributed by atoms with van der Waals surface area (Å²) in [5.41, 5.74) is 6.90. The molecule has 0 bridgehead atoms. The van der Waals surface area contributed by atoms with Crippen LogP contribution in [0.4, 0.5) is 4.79 Å². The van der Waals surface area contributed by atoms with Crippen molar-refractivity contribution in [1.82, 2.24) is 20.7 Å². The van der Waals surface area contributed by atoms with E-state index in [2.05, 4.69) is 16.2 Å². The van der Waals surface area contributed by atoms with Crippen molar-refractivity contribution in [3.8, 4) is 0 Å². The van der Waals surface area contributed by atoms with E-state index in [1.165, 1.54) is 0 Å². The van der Waals surface area contributed by atoms with E-state index >= 15 is 0 Å². The summed E-state index contributed by atoms with van der Waals surface area (Å²) in [6.45, 7) is 5.64. The van der Waals surface area contributed by atoms with Crippen molar-refractivity contribution < 1.29 is 19.1 Å². The topological polar surface area (TPSA) is 101 Å². The third kappa shape index (κ3) is 5.63. The van der Waals surface area contributed by atoms with Crippen LogP contribution in [-0.4, -0.2) is 28.1 Å². The lowest BCUT2D eigenvalue weighted by Gasteiger charge is -2.19. The van der Waals surface area contributed by atoms with Gasteiger partial charge in [0, 0.05) is 36.3 Å². The molecule has 0 radical (unpaired) electrons. The molecular formula is C23H26N4O4. The molecule has 0 aliphatic rings. The Hall–Kier alpha value is -3.81. The molecule has 162 valence electrons. The molecule has 8 nitrogen and oxygen atoms in total. The SMILES string of the molecule is Cn1cc(C(=O)NNC(=O)c2ccc(CNC(=O)OC(C)(C)C)cc2)c2ccccc21. The molecule has 0 aliphatic carbocycles. The van der Waals surface area contributed by atoms with Gasteiger partial charge >= 0.3 is 6.09 Å². The van der Waals surface area contributed by atoms with Crippen LogP contribution in [0, 0.1) is 0 Å². The summed E-state index contributed by atoms with van der Waals surface area (Å²) >= 11 is 0. The van der Waals surface area contributed by atoms with Crippen LogP contribution >= 0.6 is 0 Å². The van der Waals surface area contributed by atoms with E-state index in [1.54, 1.807) is 51.2 Å². The highest BCUT2D eigenvalue weighted by Crippen LogP contribution is 2.19. The van der Waals surface area contributed by atoms with Crippen molar-refractivity contribution in [1.29, 1.82) is 0 Å². The van der Waals surface area contributed by atoms with E-state index < -0.39 is 23.5 Å². The minimum absolute atomic E-state index is 0.272. The Morgan fingerprint density at radius 3 is 2.26 bits per heavy atom. The predicted molar refractivity (Wildman–Crippen MR) is 117 cm³/mol. The Labute approximate surface area is 180 Å². The van der Waals surface area contributed by atoms with Gasteiger partial charge in [0.1, 0.15) is 5.60 Å². The number of carbonyl (C=O) groups is 3. The summed E-state index contributed by atoms with van der Waals surface area (Å²) in [5, 5.41) is 3.46. The first kappa shape index (κ1) is 21.9. The van der Waals surface area contributed by atoms with E-state index in [-0.39, 0.29) is 6.54 Å². The first-order chi connectivity index (χ1) is 14.6. The number of hydrogen-bond acceptors (Lipinski definition) is 4. The lowest BCUT2D eigenvalue weighted by molar-refractivity contribution is 0.0523. The van der Waals surface area contributed by atoms with Gasteiger partial charge in [-0.05, 0) is 44.5 Å². The summed E-state index contributed by atoms with van der Waals surface area (Å²) in [5.74, 6) is -0.844. The van der Waals surface area contributed by atoms with Gasteiger partial charge in [-0.15, -0.1) is 0 Å². The van der Waals surface area contributed by atoms with Crippen LogP contribution in [0.3, 0.4) is 0 Å². The third-order valence-electron chi connectivity index (χ3n) is 4.48. The molecule has 0 aliphatic heterocycles. The van der Waals surface area contributed by atoms with Gasteiger partial charge in [-0.1, -0.05) is 30.3 Å². The number of rotatable bonds is 4. The highest BCUT2D eigenvalue weighted by Gasteiger charge is 2.16. The Kier molecular flexibility index (Phi) is 6.29. The number of alkyl carbamates (subject to hydrolysis) is 1. The Bertz CT molecular complexity index is 1110. The molecule has 2 aromatic carbocycles. The standard InChI is InChI=1S/C23H26N4O4/c1-23(2,3)31-22(30)24-13-15-9-11-16(12-10-15)20(28)25-26-21(29)18-14-27(4)19-8-6-5-7-17(18)19/h5-12,14H,13H2,1-4H3,(H,24,30)(H,25,28)(H,26,29). The largest absolute Gasteiger partial charge is 0.444 e. The smallest absolute Gasteiger partial charge is 0.407 e. The van der Waals surface area contributed by atoms with Gasteiger partial charge in [0.2, 0.25) is 0 Å². The van der Waals surface area contributed by atoms with E-state index in [0.717, 1.165) is 16.5 Å². The maximum atomic E-state index is 12.5. The van der Waals surface area contributed by atoms with Crippen LogP contribution in [0.15, 0.2) is 54.7 Å². The molecule has 0 fully saturated rings. The van der Waals surface area contributed by atoms with Crippen LogP contribution in [0.1, 0.15) is 47.1 Å². The highest BCUT2D eigenvalue weighted by atomic mass is 16.6. The van der Waals surface area contributed by atoms with Crippen LogP contribution in [0.2, 0.25) is 0 Å². The number of nitrogens with zero attached hydrogens (tertiary/aromatic N) is 1. The van der Waals surface area contributed by atoms with E-state index in [4.69, 9.17) is 4.74 Å². The van der Waals surface area contributed by atoms with Crippen LogP contribution < -0.4 is 16.2 Å². The fourth-order valence-corrected chi connectivity index (χ4v) is 3.04. The van der Waals surface area contributed by atoms with Gasteiger partial charge in [0.25, 0.3) is 11.8 Å². The molecule has 0 saturated heterocycles. The van der Waals surface area contributed by atoms with Gasteiger partial charge in [-0.3, -0.25) is 20.4 Å². The van der Waals surface area contributed by atoms with Crippen molar-refractivity contribution in [3.63, 3.8) is 0 Å². The molecule has 3 aromatic rings. The number of amides is 3. The molecule has 31 heavy (non-hydrogen) atoms. The zero-order valence-corrected chi connectivity index (χ0v) is 18.0. The first-order valence-electron chi connectivity index (χ1n) is 9.84. The molecule has 0 atom stereocenters. The quantitative estimate of drug-likeness (QED) is 0.562. The summed E-state index contributed by atoms with van der Waals surface area (Å²) < 4.78 is 7.04. The van der Waals surface area contributed by atoms with Gasteiger partial charge in [0.15, 0.2) is 0 Å². The maximum Gasteiger partial charge on any atom is 0.407 e. The minimum atomic E-state index is -0.567. The van der Waals surface area contributed by atoms with Gasteiger partial charge in [0.05, 0.1) is 5.56 Å².